The number of amides is 1. The van der Waals surface area contributed by atoms with Gasteiger partial charge >= 0.3 is 0 Å². The molecular formula is C12H18N4O5. The largest absolute Gasteiger partial charge is 0.394 e. The van der Waals surface area contributed by atoms with E-state index in [1.165, 1.54) is 10.9 Å². The van der Waals surface area contributed by atoms with Gasteiger partial charge in [0.2, 0.25) is 0 Å². The molecule has 0 saturated carbocycles. The van der Waals surface area contributed by atoms with Crippen molar-refractivity contribution in [3.05, 3.63) is 12.0 Å². The maximum Gasteiger partial charge on any atom is 0.271 e. The summed E-state index contributed by atoms with van der Waals surface area (Å²) >= 11 is 0. The Morgan fingerprint density at radius 1 is 1.48 bits per heavy atom. The van der Waals surface area contributed by atoms with E-state index in [1.54, 1.807) is 13.8 Å². The molecule has 3 rings (SSSR count). The molecule has 21 heavy (non-hydrogen) atoms. The Kier molecular flexibility index (Phi) is 3.17. The van der Waals surface area contributed by atoms with Crippen LogP contribution in [-0.2, 0) is 14.2 Å². The Hall–Kier alpha value is -1.68. The fourth-order valence-electron chi connectivity index (χ4n) is 2.79. The van der Waals surface area contributed by atoms with Crippen LogP contribution in [0.2, 0.25) is 0 Å². The van der Waals surface area contributed by atoms with E-state index in [-0.39, 0.29) is 18.1 Å². The number of aromatic nitrogens is 2. The third-order valence-electron chi connectivity index (χ3n) is 3.64. The van der Waals surface area contributed by atoms with Crippen LogP contribution in [0, 0.1) is 0 Å². The van der Waals surface area contributed by atoms with Gasteiger partial charge in [-0.25, -0.2) is 4.98 Å². The fourth-order valence-corrected chi connectivity index (χ4v) is 2.79. The van der Waals surface area contributed by atoms with Crippen molar-refractivity contribution in [2.45, 2.75) is 44.2 Å². The number of carbonyl (C=O) groups excluding carboxylic acids is 1. The molecule has 2 aliphatic heterocycles. The first kappa shape index (κ1) is 14.3. The highest BCUT2D eigenvalue weighted by molar-refractivity contribution is 5.95. The number of rotatable bonds is 3. The molecule has 4 atom stereocenters. The van der Waals surface area contributed by atoms with E-state index in [0.717, 1.165) is 0 Å². The summed E-state index contributed by atoms with van der Waals surface area (Å²) in [6.07, 6.45) is -0.704. The van der Waals surface area contributed by atoms with Gasteiger partial charge < -0.3 is 30.8 Å². The molecule has 1 aromatic rings. The Morgan fingerprint density at radius 2 is 2.14 bits per heavy atom. The average Bonchev–Trinajstić information content (AvgIpc) is 3.00. The smallest absolute Gasteiger partial charge is 0.271 e. The Bertz CT molecular complexity index is 572. The van der Waals surface area contributed by atoms with Crippen LogP contribution < -0.4 is 11.5 Å². The molecule has 1 aromatic heterocycles. The number of anilines is 1. The number of nitrogens with zero attached hydrogens (tertiary/aromatic N) is 2. The van der Waals surface area contributed by atoms with Gasteiger partial charge in [0.05, 0.1) is 12.9 Å². The first-order valence-electron chi connectivity index (χ1n) is 6.58. The van der Waals surface area contributed by atoms with E-state index < -0.39 is 36.2 Å². The second kappa shape index (κ2) is 4.67. The first-order chi connectivity index (χ1) is 9.84. The number of imidazole rings is 1. The predicted octanol–water partition coefficient (Wildman–Crippen LogP) is -1.03. The van der Waals surface area contributed by atoms with Gasteiger partial charge in [0.25, 0.3) is 5.91 Å². The summed E-state index contributed by atoms with van der Waals surface area (Å²) in [6.45, 7) is 3.35. The summed E-state index contributed by atoms with van der Waals surface area (Å²) in [5.41, 5.74) is 11.1. The summed E-state index contributed by atoms with van der Waals surface area (Å²) in [7, 11) is 0. The number of carbonyl (C=O) groups is 1. The first-order valence-corrected chi connectivity index (χ1v) is 6.58. The van der Waals surface area contributed by atoms with Gasteiger partial charge in [-0.1, -0.05) is 0 Å². The van der Waals surface area contributed by atoms with Gasteiger partial charge in [-0.05, 0) is 13.8 Å². The third kappa shape index (κ3) is 2.18. The number of ether oxygens (including phenoxy) is 3. The number of hydrogen-bond donors (Lipinski definition) is 3. The molecule has 2 aliphatic rings. The zero-order chi connectivity index (χ0) is 15.4. The molecule has 0 aliphatic carbocycles. The lowest BCUT2D eigenvalue weighted by Gasteiger charge is -2.24. The van der Waals surface area contributed by atoms with E-state index in [9.17, 15) is 9.90 Å². The Morgan fingerprint density at radius 3 is 2.71 bits per heavy atom. The van der Waals surface area contributed by atoms with Crippen molar-refractivity contribution in [3.63, 3.8) is 0 Å². The molecule has 1 amide bonds. The van der Waals surface area contributed by atoms with Crippen molar-refractivity contribution >= 4 is 11.7 Å². The number of nitrogens with two attached hydrogens (primary N) is 2. The summed E-state index contributed by atoms with van der Waals surface area (Å²) in [6, 6.07) is 0. The molecule has 0 spiro atoms. The second-order valence-corrected chi connectivity index (χ2v) is 5.56. The molecular weight excluding hydrogens is 280 g/mol. The van der Waals surface area contributed by atoms with Crippen LogP contribution in [0.3, 0.4) is 0 Å². The van der Waals surface area contributed by atoms with Crippen molar-refractivity contribution in [3.8, 4) is 0 Å². The minimum Gasteiger partial charge on any atom is -0.394 e. The lowest BCUT2D eigenvalue weighted by molar-refractivity contribution is -0.199. The van der Waals surface area contributed by atoms with E-state index >= 15 is 0 Å². The summed E-state index contributed by atoms with van der Waals surface area (Å²) in [5.74, 6) is -1.41. The molecule has 2 saturated heterocycles. The summed E-state index contributed by atoms with van der Waals surface area (Å²) in [5, 5.41) is 9.42. The Balaban J connectivity index is 1.94. The van der Waals surface area contributed by atoms with Crippen LogP contribution >= 0.6 is 0 Å². The van der Waals surface area contributed by atoms with Crippen LogP contribution in [0.4, 0.5) is 5.82 Å². The molecule has 3 heterocycles. The van der Waals surface area contributed by atoms with Gasteiger partial charge in [-0.3, -0.25) is 9.36 Å². The summed E-state index contributed by atoms with van der Waals surface area (Å²) in [4.78, 5) is 15.1. The van der Waals surface area contributed by atoms with Gasteiger partial charge in [0.15, 0.2) is 17.7 Å². The van der Waals surface area contributed by atoms with Gasteiger partial charge in [-0.2, -0.15) is 0 Å². The maximum absolute atomic E-state index is 11.2. The van der Waals surface area contributed by atoms with Gasteiger partial charge in [0, 0.05) is 0 Å². The van der Waals surface area contributed by atoms with Gasteiger partial charge in [-0.15, -0.1) is 0 Å². The van der Waals surface area contributed by atoms with Gasteiger partial charge in [0.1, 0.15) is 24.1 Å². The van der Waals surface area contributed by atoms with E-state index in [4.69, 9.17) is 25.7 Å². The van der Waals surface area contributed by atoms with Crippen molar-refractivity contribution in [1.82, 2.24) is 9.55 Å². The van der Waals surface area contributed by atoms with Crippen molar-refractivity contribution < 1.29 is 24.1 Å². The standard InChI is InChI=1S/C12H18N4O5/c1-12(2)20-7-5(3-17)19-11(8(7)21-12)16-4-15-6(9(16)13)10(14)18/h4-5,7-8,11,17H,3,13H2,1-2H3,(H2,14,18)/t5-,7-,8-,11+/m1/s1. The fraction of sp³-hybridized carbons (Fsp3) is 0.667. The number of fused-ring (bicyclic) bond motifs is 1. The highest BCUT2D eigenvalue weighted by Crippen LogP contribution is 2.43. The monoisotopic (exact) mass is 298 g/mol. The van der Waals surface area contributed by atoms with Crippen molar-refractivity contribution in [2.24, 2.45) is 5.73 Å². The zero-order valence-corrected chi connectivity index (χ0v) is 11.7. The second-order valence-electron chi connectivity index (χ2n) is 5.56. The zero-order valence-electron chi connectivity index (χ0n) is 11.7. The van der Waals surface area contributed by atoms with E-state index in [0.29, 0.717) is 0 Å². The highest BCUT2D eigenvalue weighted by atomic mass is 16.8. The lowest BCUT2D eigenvalue weighted by Crippen LogP contribution is -2.31. The molecule has 5 N–H and O–H groups in total. The maximum atomic E-state index is 11.2. The molecule has 9 nitrogen and oxygen atoms in total. The van der Waals surface area contributed by atoms with Crippen molar-refractivity contribution in [2.75, 3.05) is 12.3 Å². The minimum atomic E-state index is -0.785. The number of nitrogen functional groups attached to an aromatic ring is 1. The summed E-state index contributed by atoms with van der Waals surface area (Å²) < 4.78 is 18.8. The topological polar surface area (TPSA) is 135 Å². The lowest BCUT2D eigenvalue weighted by atomic mass is 10.1. The number of primary amides is 1. The average molecular weight is 298 g/mol. The molecule has 0 unspecified atom stereocenters. The van der Waals surface area contributed by atoms with Crippen LogP contribution in [0.5, 0.6) is 0 Å². The Labute approximate surface area is 120 Å². The van der Waals surface area contributed by atoms with Crippen LogP contribution in [0.1, 0.15) is 30.6 Å². The molecule has 9 heteroatoms. The SMILES string of the molecule is CC1(C)O[C@@H]2[C@H](O1)[C@@H](CO)O[C@@H]2n1cnc(C(N)=O)c1N. The minimum absolute atomic E-state index is 0.0271. The molecule has 0 radical (unpaired) electrons. The number of aliphatic hydroxyl groups excluding tert-OH is 1. The molecule has 0 bridgehead atoms. The molecule has 2 fully saturated rings. The predicted molar refractivity (Wildman–Crippen MR) is 70.0 cm³/mol. The number of aliphatic hydroxyl groups is 1. The van der Waals surface area contributed by atoms with Crippen molar-refractivity contribution in [1.29, 1.82) is 0 Å². The van der Waals surface area contributed by atoms with Crippen LogP contribution in [0.25, 0.3) is 0 Å². The quantitative estimate of drug-likeness (QED) is 0.649. The highest BCUT2D eigenvalue weighted by Gasteiger charge is 2.56. The number of hydrogen-bond acceptors (Lipinski definition) is 7. The molecule has 0 aromatic carbocycles. The van der Waals surface area contributed by atoms with E-state index in [1.807, 2.05) is 0 Å². The van der Waals surface area contributed by atoms with Crippen LogP contribution in [0.15, 0.2) is 6.33 Å². The molecule has 116 valence electrons. The third-order valence-corrected chi connectivity index (χ3v) is 3.64. The van der Waals surface area contributed by atoms with Crippen LogP contribution in [-0.4, -0.2) is 51.3 Å². The normalized spacial score (nSPS) is 34.0. The van der Waals surface area contributed by atoms with E-state index in [2.05, 4.69) is 4.98 Å².